The van der Waals surface area contributed by atoms with Gasteiger partial charge in [-0.15, -0.1) is 0 Å². The van der Waals surface area contributed by atoms with Gasteiger partial charge in [0.05, 0.1) is 12.7 Å². The average Bonchev–Trinajstić information content (AvgIpc) is 2.49. The molecule has 0 aliphatic carbocycles. The fourth-order valence-electron chi connectivity index (χ4n) is 2.09. The predicted molar refractivity (Wildman–Crippen MR) is 80.9 cm³/mol. The highest BCUT2D eigenvalue weighted by molar-refractivity contribution is 5.44. The van der Waals surface area contributed by atoms with E-state index in [0.29, 0.717) is 38.0 Å². The van der Waals surface area contributed by atoms with Gasteiger partial charge in [0.2, 0.25) is 0 Å². The monoisotopic (exact) mass is 295 g/mol. The molecule has 0 saturated carbocycles. The molecule has 5 nitrogen and oxygen atoms in total. The maximum absolute atomic E-state index is 10.2. The van der Waals surface area contributed by atoms with Gasteiger partial charge in [-0.1, -0.05) is 19.9 Å². The normalized spacial score (nSPS) is 15.2. The fraction of sp³-hybridized carbons (Fsp3) is 0.625. The third kappa shape index (κ3) is 5.19. The molecule has 2 N–H and O–H groups in total. The molecule has 2 rings (SSSR count). The molecule has 1 unspecified atom stereocenters. The summed E-state index contributed by atoms with van der Waals surface area (Å²) in [6.07, 6.45) is -0.564. The summed E-state index contributed by atoms with van der Waals surface area (Å²) in [6, 6.07) is 5.56. The van der Waals surface area contributed by atoms with E-state index < -0.39 is 6.10 Å². The second-order valence-electron chi connectivity index (χ2n) is 5.59. The Morgan fingerprint density at radius 2 is 2.00 bits per heavy atom. The number of hydrogen-bond acceptors (Lipinski definition) is 5. The van der Waals surface area contributed by atoms with Crippen LogP contribution in [0.15, 0.2) is 18.2 Å². The zero-order valence-electron chi connectivity index (χ0n) is 12.8. The Morgan fingerprint density at radius 1 is 1.24 bits per heavy atom. The Hall–Kier alpha value is -1.30. The number of fused-ring (bicyclic) bond motifs is 1. The van der Waals surface area contributed by atoms with Gasteiger partial charge in [-0.2, -0.15) is 0 Å². The summed E-state index contributed by atoms with van der Waals surface area (Å²) in [6.45, 7) is 8.03. The topological polar surface area (TPSA) is 60.0 Å². The van der Waals surface area contributed by atoms with Crippen molar-refractivity contribution in [1.82, 2.24) is 5.32 Å². The minimum atomic E-state index is -0.564. The van der Waals surface area contributed by atoms with Crippen LogP contribution in [0.4, 0.5) is 0 Å². The second-order valence-corrected chi connectivity index (χ2v) is 5.59. The van der Waals surface area contributed by atoms with Crippen molar-refractivity contribution >= 4 is 0 Å². The van der Waals surface area contributed by atoms with Gasteiger partial charge in [-0.25, -0.2) is 0 Å². The van der Waals surface area contributed by atoms with E-state index in [1.54, 1.807) is 0 Å². The van der Waals surface area contributed by atoms with Crippen molar-refractivity contribution in [2.75, 3.05) is 39.5 Å². The fourth-order valence-corrected chi connectivity index (χ4v) is 2.09. The van der Waals surface area contributed by atoms with Crippen LogP contribution < -0.4 is 14.8 Å². The molecule has 1 aliphatic heterocycles. The van der Waals surface area contributed by atoms with E-state index in [2.05, 4.69) is 19.2 Å². The van der Waals surface area contributed by atoms with Gasteiger partial charge in [-0.05, 0) is 23.6 Å². The Morgan fingerprint density at radius 3 is 2.76 bits per heavy atom. The summed E-state index contributed by atoms with van der Waals surface area (Å²) >= 11 is 0. The number of benzene rings is 1. The van der Waals surface area contributed by atoms with E-state index in [-0.39, 0.29) is 0 Å². The van der Waals surface area contributed by atoms with Crippen LogP contribution in [0.1, 0.15) is 25.5 Å². The standard InChI is InChI=1S/C16H25NO4/c1-12(2)11-19-6-5-17-10-14(18)13-3-4-15-16(9-13)21-8-7-20-15/h3-4,9,12,14,17-18H,5-8,10-11H2,1-2H3. The lowest BCUT2D eigenvalue weighted by atomic mass is 10.1. The smallest absolute Gasteiger partial charge is 0.161 e. The molecule has 0 radical (unpaired) electrons. The summed E-state index contributed by atoms with van der Waals surface area (Å²) in [5.74, 6) is 2.00. The number of aliphatic hydroxyl groups excluding tert-OH is 1. The first-order valence-corrected chi connectivity index (χ1v) is 7.53. The molecule has 21 heavy (non-hydrogen) atoms. The van der Waals surface area contributed by atoms with Crippen molar-refractivity contribution in [2.45, 2.75) is 20.0 Å². The van der Waals surface area contributed by atoms with Gasteiger partial charge >= 0.3 is 0 Å². The van der Waals surface area contributed by atoms with Crippen molar-refractivity contribution in [1.29, 1.82) is 0 Å². The molecular formula is C16H25NO4. The Balaban J connectivity index is 1.72. The second kappa shape index (κ2) is 8.22. The molecule has 1 aromatic rings. The van der Waals surface area contributed by atoms with Gasteiger partial charge in [-0.3, -0.25) is 0 Å². The van der Waals surface area contributed by atoms with Crippen molar-refractivity contribution in [2.24, 2.45) is 5.92 Å². The van der Waals surface area contributed by atoms with E-state index in [9.17, 15) is 5.11 Å². The molecule has 0 spiro atoms. The Labute approximate surface area is 126 Å². The van der Waals surface area contributed by atoms with Crippen LogP contribution >= 0.6 is 0 Å². The minimum Gasteiger partial charge on any atom is -0.486 e. The van der Waals surface area contributed by atoms with Crippen LogP contribution in [0.25, 0.3) is 0 Å². The summed E-state index contributed by atoms with van der Waals surface area (Å²) in [5, 5.41) is 13.4. The number of nitrogens with one attached hydrogen (secondary N) is 1. The molecule has 0 bridgehead atoms. The SMILES string of the molecule is CC(C)COCCNCC(O)c1ccc2c(c1)OCCO2. The van der Waals surface area contributed by atoms with Crippen LogP contribution in [0.2, 0.25) is 0 Å². The third-order valence-corrected chi connectivity index (χ3v) is 3.16. The quantitative estimate of drug-likeness (QED) is 0.716. The summed E-state index contributed by atoms with van der Waals surface area (Å²) < 4.78 is 16.5. The van der Waals surface area contributed by atoms with Crippen LogP contribution in [-0.2, 0) is 4.74 Å². The lowest BCUT2D eigenvalue weighted by Gasteiger charge is -2.20. The van der Waals surface area contributed by atoms with Gasteiger partial charge < -0.3 is 24.6 Å². The summed E-state index contributed by atoms with van der Waals surface area (Å²) in [4.78, 5) is 0. The first-order chi connectivity index (χ1) is 10.2. The highest BCUT2D eigenvalue weighted by Crippen LogP contribution is 2.32. The molecule has 0 amide bonds. The van der Waals surface area contributed by atoms with Gasteiger partial charge in [0.25, 0.3) is 0 Å². The number of aliphatic hydroxyl groups is 1. The number of rotatable bonds is 8. The number of hydrogen-bond donors (Lipinski definition) is 2. The molecule has 5 heteroatoms. The zero-order valence-corrected chi connectivity index (χ0v) is 12.8. The largest absolute Gasteiger partial charge is 0.486 e. The third-order valence-electron chi connectivity index (χ3n) is 3.16. The van der Waals surface area contributed by atoms with Crippen molar-refractivity contribution < 1.29 is 19.3 Å². The Kier molecular flexibility index (Phi) is 6.29. The molecule has 0 fully saturated rings. The van der Waals surface area contributed by atoms with Crippen LogP contribution in [0.5, 0.6) is 11.5 Å². The molecule has 1 aliphatic rings. The predicted octanol–water partition coefficient (Wildman–Crippen LogP) is 1.75. The van der Waals surface area contributed by atoms with E-state index in [1.807, 2.05) is 18.2 Å². The lowest BCUT2D eigenvalue weighted by Crippen LogP contribution is -2.26. The van der Waals surface area contributed by atoms with Crippen molar-refractivity contribution in [3.63, 3.8) is 0 Å². The maximum Gasteiger partial charge on any atom is 0.161 e. The lowest BCUT2D eigenvalue weighted by molar-refractivity contribution is 0.107. The first kappa shape index (κ1) is 16.1. The molecule has 1 aromatic carbocycles. The van der Waals surface area contributed by atoms with Crippen molar-refractivity contribution in [3.8, 4) is 11.5 Å². The molecule has 118 valence electrons. The number of ether oxygens (including phenoxy) is 3. The molecule has 0 saturated heterocycles. The van der Waals surface area contributed by atoms with E-state index >= 15 is 0 Å². The van der Waals surface area contributed by atoms with Gasteiger partial charge in [0, 0.05) is 19.7 Å². The summed E-state index contributed by atoms with van der Waals surface area (Å²) in [5.41, 5.74) is 0.829. The summed E-state index contributed by atoms with van der Waals surface area (Å²) in [7, 11) is 0. The van der Waals surface area contributed by atoms with E-state index in [1.165, 1.54) is 0 Å². The zero-order chi connectivity index (χ0) is 15.1. The highest BCUT2D eigenvalue weighted by atomic mass is 16.6. The minimum absolute atomic E-state index is 0.491. The molecular weight excluding hydrogens is 270 g/mol. The first-order valence-electron chi connectivity index (χ1n) is 7.53. The van der Waals surface area contributed by atoms with E-state index in [0.717, 1.165) is 24.5 Å². The molecule has 1 heterocycles. The van der Waals surface area contributed by atoms with Crippen LogP contribution in [-0.4, -0.2) is 44.6 Å². The van der Waals surface area contributed by atoms with Crippen LogP contribution in [0.3, 0.4) is 0 Å². The highest BCUT2D eigenvalue weighted by Gasteiger charge is 2.15. The van der Waals surface area contributed by atoms with Crippen LogP contribution in [0, 0.1) is 5.92 Å². The van der Waals surface area contributed by atoms with Gasteiger partial charge in [0.1, 0.15) is 13.2 Å². The molecule has 0 aromatic heterocycles. The maximum atomic E-state index is 10.2. The van der Waals surface area contributed by atoms with E-state index in [4.69, 9.17) is 14.2 Å². The van der Waals surface area contributed by atoms with Crippen molar-refractivity contribution in [3.05, 3.63) is 23.8 Å². The average molecular weight is 295 g/mol. The van der Waals surface area contributed by atoms with Gasteiger partial charge in [0.15, 0.2) is 11.5 Å². The molecule has 1 atom stereocenters. The Bertz CT molecular complexity index is 436.